The smallest absolute Gasteiger partial charge is 0.201 e. The molecule has 0 amide bonds. The molecule has 0 bridgehead atoms. The number of anilines is 2. The Morgan fingerprint density at radius 3 is 1.23 bits per heavy atom. The van der Waals surface area contributed by atoms with Gasteiger partial charge in [-0.2, -0.15) is 0 Å². The van der Waals surface area contributed by atoms with E-state index >= 15 is 0 Å². The number of ketones is 2. The molecule has 0 heterocycles. The van der Waals surface area contributed by atoms with E-state index in [1.807, 2.05) is 60.7 Å². The molecule has 0 saturated heterocycles. The Kier molecular flexibility index (Phi) is 7.76. The van der Waals surface area contributed by atoms with Gasteiger partial charge in [0, 0.05) is 34.9 Å². The Morgan fingerprint density at radius 1 is 0.567 bits per heavy atom. The fourth-order valence-electron chi connectivity index (χ4n) is 2.54. The van der Waals surface area contributed by atoms with Crippen molar-refractivity contribution in [3.05, 3.63) is 117 Å². The van der Waals surface area contributed by atoms with Crippen molar-refractivity contribution in [1.29, 1.82) is 0 Å². The topological polar surface area (TPSA) is 58.2 Å². The van der Waals surface area contributed by atoms with Gasteiger partial charge in [-0.25, -0.2) is 0 Å². The second-order valence-corrected chi connectivity index (χ2v) is 7.95. The van der Waals surface area contributed by atoms with Crippen molar-refractivity contribution in [3.8, 4) is 0 Å². The van der Waals surface area contributed by atoms with Gasteiger partial charge in [0.1, 0.15) is 0 Å². The quantitative estimate of drug-likeness (QED) is 0.252. The highest BCUT2D eigenvalue weighted by Gasteiger charge is 2.09. The first-order valence-corrected chi connectivity index (χ1v) is 10.7. The van der Waals surface area contributed by atoms with Crippen LogP contribution in [-0.4, -0.2) is 11.6 Å². The van der Waals surface area contributed by atoms with Gasteiger partial charge in [-0.05, 0) is 56.1 Å². The van der Waals surface area contributed by atoms with Gasteiger partial charge in [0.25, 0.3) is 0 Å². The summed E-state index contributed by atoms with van der Waals surface area (Å²) in [7, 11) is 0. The SMILES string of the molecule is O=C(/C(Br)=C/Nc1ccc(N/C=C(\Br)C(=O)c2ccccc2)cc1)c1ccccc1. The molecule has 0 saturated carbocycles. The minimum absolute atomic E-state index is 0.0977. The van der Waals surface area contributed by atoms with Crippen molar-refractivity contribution in [2.45, 2.75) is 0 Å². The molecule has 6 heteroatoms. The summed E-state index contributed by atoms with van der Waals surface area (Å²) in [6.07, 6.45) is 3.24. The number of rotatable bonds is 8. The van der Waals surface area contributed by atoms with Crippen molar-refractivity contribution in [3.63, 3.8) is 0 Å². The average molecular weight is 526 g/mol. The van der Waals surface area contributed by atoms with Gasteiger partial charge in [-0.3, -0.25) is 9.59 Å². The van der Waals surface area contributed by atoms with Gasteiger partial charge < -0.3 is 10.6 Å². The lowest BCUT2D eigenvalue weighted by Crippen LogP contribution is -2.01. The number of benzene rings is 3. The van der Waals surface area contributed by atoms with Gasteiger partial charge in [-0.1, -0.05) is 60.7 Å². The molecule has 0 aliphatic rings. The Labute approximate surface area is 192 Å². The summed E-state index contributed by atoms with van der Waals surface area (Å²) in [4.78, 5) is 24.6. The fourth-order valence-corrected chi connectivity index (χ4v) is 3.23. The summed E-state index contributed by atoms with van der Waals surface area (Å²) >= 11 is 6.63. The summed E-state index contributed by atoms with van der Waals surface area (Å²) in [6.45, 7) is 0. The highest BCUT2D eigenvalue weighted by molar-refractivity contribution is 9.12. The van der Waals surface area contributed by atoms with Crippen molar-refractivity contribution in [1.82, 2.24) is 0 Å². The van der Waals surface area contributed by atoms with E-state index in [1.54, 1.807) is 36.7 Å². The highest BCUT2D eigenvalue weighted by atomic mass is 79.9. The van der Waals surface area contributed by atoms with Crippen molar-refractivity contribution in [2.24, 2.45) is 0 Å². The monoisotopic (exact) mass is 524 g/mol. The molecule has 0 unspecified atom stereocenters. The van der Waals surface area contributed by atoms with Crippen LogP contribution in [0.15, 0.2) is 106 Å². The predicted molar refractivity (Wildman–Crippen MR) is 129 cm³/mol. The maximum Gasteiger partial charge on any atom is 0.201 e. The zero-order valence-electron chi connectivity index (χ0n) is 15.8. The molecule has 4 nitrogen and oxygen atoms in total. The number of carbonyl (C=O) groups is 2. The van der Waals surface area contributed by atoms with Gasteiger partial charge in [0.15, 0.2) is 0 Å². The molecule has 150 valence electrons. The van der Waals surface area contributed by atoms with Crippen molar-refractivity contribution in [2.75, 3.05) is 10.6 Å². The molecule has 3 rings (SSSR count). The van der Waals surface area contributed by atoms with Crippen LogP contribution >= 0.6 is 31.9 Å². The van der Waals surface area contributed by atoms with E-state index in [2.05, 4.69) is 42.5 Å². The molecule has 0 aliphatic carbocycles. The lowest BCUT2D eigenvalue weighted by molar-refractivity contribution is 0.103. The van der Waals surface area contributed by atoms with Crippen LogP contribution in [0.1, 0.15) is 20.7 Å². The largest absolute Gasteiger partial charge is 0.360 e. The zero-order chi connectivity index (χ0) is 21.3. The van der Waals surface area contributed by atoms with Gasteiger partial charge in [-0.15, -0.1) is 0 Å². The third-order valence-corrected chi connectivity index (χ3v) is 5.30. The lowest BCUT2D eigenvalue weighted by Gasteiger charge is -2.06. The third-order valence-electron chi connectivity index (χ3n) is 4.12. The first kappa shape index (κ1) is 21.7. The van der Waals surface area contributed by atoms with Crippen LogP contribution in [0.25, 0.3) is 0 Å². The van der Waals surface area contributed by atoms with E-state index in [0.717, 1.165) is 11.4 Å². The molecule has 0 fully saturated rings. The number of carbonyl (C=O) groups excluding carboxylic acids is 2. The molecule has 3 aromatic rings. The summed E-state index contributed by atoms with van der Waals surface area (Å²) < 4.78 is 0.865. The molecular formula is C24H18Br2N2O2. The second kappa shape index (κ2) is 10.7. The maximum absolute atomic E-state index is 12.3. The third kappa shape index (κ3) is 6.02. The van der Waals surface area contributed by atoms with Gasteiger partial charge >= 0.3 is 0 Å². The molecule has 0 spiro atoms. The number of allylic oxidation sites excluding steroid dienone is 2. The van der Waals surface area contributed by atoms with Gasteiger partial charge in [0.2, 0.25) is 11.6 Å². The average Bonchev–Trinajstić information content (AvgIpc) is 2.81. The molecule has 3 aromatic carbocycles. The van der Waals surface area contributed by atoms with E-state index in [4.69, 9.17) is 0 Å². The summed E-state index contributed by atoms with van der Waals surface area (Å²) in [5.74, 6) is -0.195. The highest BCUT2D eigenvalue weighted by Crippen LogP contribution is 2.19. The van der Waals surface area contributed by atoms with Crippen LogP contribution in [0, 0.1) is 0 Å². The number of hydrogen-bond acceptors (Lipinski definition) is 4. The Morgan fingerprint density at radius 2 is 0.900 bits per heavy atom. The molecule has 2 N–H and O–H groups in total. The first-order valence-electron chi connectivity index (χ1n) is 9.08. The molecule has 30 heavy (non-hydrogen) atoms. The minimum atomic E-state index is -0.0977. The van der Waals surface area contributed by atoms with Crippen LogP contribution in [-0.2, 0) is 0 Å². The van der Waals surface area contributed by atoms with Crippen LogP contribution in [0.5, 0.6) is 0 Å². The van der Waals surface area contributed by atoms with Gasteiger partial charge in [0.05, 0.1) is 8.96 Å². The molecular weight excluding hydrogens is 508 g/mol. The van der Waals surface area contributed by atoms with E-state index in [-0.39, 0.29) is 11.6 Å². The van der Waals surface area contributed by atoms with Crippen molar-refractivity contribution < 1.29 is 9.59 Å². The second-order valence-electron chi connectivity index (χ2n) is 6.24. The number of halogens is 2. The van der Waals surface area contributed by atoms with E-state index < -0.39 is 0 Å². The van der Waals surface area contributed by atoms with Crippen LogP contribution < -0.4 is 10.6 Å². The molecule has 0 aromatic heterocycles. The Bertz CT molecular complexity index is 989. The molecule has 0 radical (unpaired) electrons. The molecule has 0 atom stereocenters. The summed E-state index contributed by atoms with van der Waals surface area (Å²) in [5, 5.41) is 6.18. The fraction of sp³-hybridized carbons (Fsp3) is 0. The van der Waals surface area contributed by atoms with Crippen molar-refractivity contribution >= 4 is 54.8 Å². The number of nitrogens with one attached hydrogen (secondary N) is 2. The maximum atomic E-state index is 12.3. The standard InChI is InChI=1S/C24H18Br2N2O2/c25-21(23(29)17-7-3-1-4-8-17)15-27-19-11-13-20(14-12-19)28-16-22(26)24(30)18-9-5-2-6-10-18/h1-16,27-28H/b21-15-,22-16-. The van der Waals surface area contributed by atoms with Crippen LogP contribution in [0.4, 0.5) is 11.4 Å². The number of hydrogen-bond donors (Lipinski definition) is 2. The Balaban J connectivity index is 1.58. The van der Waals surface area contributed by atoms with E-state index in [9.17, 15) is 9.59 Å². The first-order chi connectivity index (χ1) is 14.5. The van der Waals surface area contributed by atoms with E-state index in [1.165, 1.54) is 0 Å². The summed E-state index contributed by atoms with van der Waals surface area (Å²) in [5.41, 5.74) is 2.87. The van der Waals surface area contributed by atoms with Crippen LogP contribution in [0.2, 0.25) is 0 Å². The minimum Gasteiger partial charge on any atom is -0.360 e. The number of Topliss-reactive ketones (excluding diaryl/α,β-unsaturated/α-hetero) is 2. The molecule has 0 aliphatic heterocycles. The summed E-state index contributed by atoms with van der Waals surface area (Å²) in [6, 6.07) is 25.6. The Hall–Kier alpha value is -2.96. The zero-order valence-corrected chi connectivity index (χ0v) is 19.0. The van der Waals surface area contributed by atoms with E-state index in [0.29, 0.717) is 20.1 Å². The van der Waals surface area contributed by atoms with Crippen LogP contribution in [0.3, 0.4) is 0 Å². The normalized spacial score (nSPS) is 11.7. The lowest BCUT2D eigenvalue weighted by atomic mass is 10.1. The predicted octanol–water partition coefficient (Wildman–Crippen LogP) is 6.75.